The van der Waals surface area contributed by atoms with E-state index in [2.05, 4.69) is 36.4 Å². The highest BCUT2D eigenvalue weighted by atomic mass is 127. The lowest BCUT2D eigenvalue weighted by Crippen LogP contribution is -2.28. The molecule has 0 atom stereocenters. The molecule has 0 saturated heterocycles. The fourth-order valence-electron chi connectivity index (χ4n) is 0.880. The summed E-state index contributed by atoms with van der Waals surface area (Å²) in [5.74, 6) is 0. The van der Waals surface area contributed by atoms with Gasteiger partial charge in [-0.1, -0.05) is 22.6 Å². The highest BCUT2D eigenvalue weighted by molar-refractivity contribution is 14.1. The summed E-state index contributed by atoms with van der Waals surface area (Å²) >= 11 is 2.32. The average Bonchev–Trinajstić information content (AvgIpc) is 2.27. The molecule has 0 amide bonds. The molecule has 5 heteroatoms. The number of alkyl halides is 1. The number of ether oxygens (including phenoxy) is 4. The van der Waals surface area contributed by atoms with Crippen LogP contribution in [-0.2, 0) is 18.9 Å². The molecule has 0 unspecified atom stereocenters. The lowest BCUT2D eigenvalue weighted by atomic mass is 10.2. The van der Waals surface area contributed by atoms with Crippen molar-refractivity contribution in [2.75, 3.05) is 51.2 Å². The molecule has 0 aromatic rings. The quantitative estimate of drug-likeness (QED) is 0.325. The van der Waals surface area contributed by atoms with Crippen LogP contribution in [0.2, 0.25) is 0 Å². The molecule has 0 aromatic carbocycles. The zero-order valence-corrected chi connectivity index (χ0v) is 12.6. The Hall–Kier alpha value is 0.570. The zero-order chi connectivity index (χ0) is 12.3. The van der Waals surface area contributed by atoms with Gasteiger partial charge in [-0.25, -0.2) is 0 Å². The molecule has 0 bridgehead atoms. The maximum atomic E-state index is 5.63. The second-order valence-electron chi connectivity index (χ2n) is 3.96. The third-order valence-electron chi connectivity index (χ3n) is 1.85. The number of halogens is 1. The normalized spacial score (nSPS) is 12.0. The Kier molecular flexibility index (Phi) is 11.1. The second kappa shape index (κ2) is 10.7. The van der Waals surface area contributed by atoms with Crippen molar-refractivity contribution < 1.29 is 18.9 Å². The molecular weight excluding hydrogens is 323 g/mol. The summed E-state index contributed by atoms with van der Waals surface area (Å²) in [7, 11) is 1.66. The average molecular weight is 346 g/mol. The summed E-state index contributed by atoms with van der Waals surface area (Å²) in [6, 6.07) is 0. The molecule has 98 valence electrons. The standard InChI is InChI=1S/C11H23IO4/c1-11(2,10-12)16-9-8-15-7-6-14-5-4-13-3/h4-10H2,1-3H3. The third-order valence-corrected chi connectivity index (χ3v) is 3.68. The first-order valence-electron chi connectivity index (χ1n) is 5.47. The number of rotatable bonds is 11. The molecule has 0 aliphatic carbocycles. The largest absolute Gasteiger partial charge is 0.382 e. The summed E-state index contributed by atoms with van der Waals surface area (Å²) in [5.41, 5.74) is -0.0567. The maximum absolute atomic E-state index is 5.63. The first kappa shape index (κ1) is 16.6. The van der Waals surface area contributed by atoms with Crippen LogP contribution >= 0.6 is 22.6 Å². The Morgan fingerprint density at radius 3 is 1.88 bits per heavy atom. The van der Waals surface area contributed by atoms with Gasteiger partial charge in [0.05, 0.1) is 45.2 Å². The molecule has 0 aliphatic rings. The van der Waals surface area contributed by atoms with Crippen LogP contribution in [0.15, 0.2) is 0 Å². The van der Waals surface area contributed by atoms with Crippen molar-refractivity contribution in [1.82, 2.24) is 0 Å². The van der Waals surface area contributed by atoms with E-state index in [0.29, 0.717) is 39.6 Å². The Labute approximate surface area is 112 Å². The Morgan fingerprint density at radius 2 is 1.38 bits per heavy atom. The number of hydrogen-bond acceptors (Lipinski definition) is 4. The Bertz CT molecular complexity index is 153. The van der Waals surface area contributed by atoms with Gasteiger partial charge in [0, 0.05) is 11.5 Å². The fourth-order valence-corrected chi connectivity index (χ4v) is 1.10. The van der Waals surface area contributed by atoms with E-state index in [-0.39, 0.29) is 5.60 Å². The molecule has 0 rings (SSSR count). The smallest absolute Gasteiger partial charge is 0.0716 e. The van der Waals surface area contributed by atoms with Crippen LogP contribution in [0.3, 0.4) is 0 Å². The van der Waals surface area contributed by atoms with E-state index < -0.39 is 0 Å². The molecule has 0 saturated carbocycles. The minimum atomic E-state index is -0.0567. The Balaban J connectivity index is 3.10. The summed E-state index contributed by atoms with van der Waals surface area (Å²) in [4.78, 5) is 0. The molecule has 0 radical (unpaired) electrons. The van der Waals surface area contributed by atoms with E-state index in [1.165, 1.54) is 0 Å². The van der Waals surface area contributed by atoms with Crippen molar-refractivity contribution in [3.8, 4) is 0 Å². The summed E-state index contributed by atoms with van der Waals surface area (Å²) in [6.07, 6.45) is 0. The highest BCUT2D eigenvalue weighted by Crippen LogP contribution is 2.11. The third kappa shape index (κ3) is 11.1. The van der Waals surface area contributed by atoms with Gasteiger partial charge in [0.25, 0.3) is 0 Å². The summed E-state index contributed by atoms with van der Waals surface area (Å²) in [6.45, 7) is 7.88. The topological polar surface area (TPSA) is 36.9 Å². The van der Waals surface area contributed by atoms with Crippen molar-refractivity contribution in [3.05, 3.63) is 0 Å². The van der Waals surface area contributed by atoms with E-state index in [9.17, 15) is 0 Å². The van der Waals surface area contributed by atoms with Gasteiger partial charge in [-0.2, -0.15) is 0 Å². The van der Waals surface area contributed by atoms with Crippen molar-refractivity contribution in [2.45, 2.75) is 19.4 Å². The minimum absolute atomic E-state index is 0.0567. The molecule has 0 aromatic heterocycles. The fraction of sp³-hybridized carbons (Fsp3) is 1.00. The molecule has 0 aliphatic heterocycles. The number of methoxy groups -OCH3 is 1. The maximum Gasteiger partial charge on any atom is 0.0716 e. The van der Waals surface area contributed by atoms with E-state index in [0.717, 1.165) is 4.43 Å². The predicted molar refractivity (Wildman–Crippen MR) is 72.4 cm³/mol. The first-order valence-corrected chi connectivity index (χ1v) is 6.99. The lowest BCUT2D eigenvalue weighted by Gasteiger charge is -2.22. The summed E-state index contributed by atoms with van der Waals surface area (Å²) < 4.78 is 22.1. The molecule has 0 fully saturated rings. The van der Waals surface area contributed by atoms with Crippen LogP contribution in [0, 0.1) is 0 Å². The van der Waals surface area contributed by atoms with Crippen LogP contribution in [0.25, 0.3) is 0 Å². The molecule has 0 heterocycles. The van der Waals surface area contributed by atoms with Crippen LogP contribution in [0.1, 0.15) is 13.8 Å². The van der Waals surface area contributed by atoms with Crippen molar-refractivity contribution in [1.29, 1.82) is 0 Å². The van der Waals surface area contributed by atoms with E-state index in [1.54, 1.807) is 7.11 Å². The van der Waals surface area contributed by atoms with Gasteiger partial charge in [-0.15, -0.1) is 0 Å². The zero-order valence-electron chi connectivity index (χ0n) is 10.5. The van der Waals surface area contributed by atoms with Gasteiger partial charge < -0.3 is 18.9 Å². The Morgan fingerprint density at radius 1 is 0.875 bits per heavy atom. The van der Waals surface area contributed by atoms with Gasteiger partial charge in [-0.05, 0) is 13.8 Å². The molecule has 0 spiro atoms. The van der Waals surface area contributed by atoms with Crippen molar-refractivity contribution >= 4 is 22.6 Å². The van der Waals surface area contributed by atoms with E-state index in [4.69, 9.17) is 18.9 Å². The lowest BCUT2D eigenvalue weighted by molar-refractivity contribution is -0.0407. The molecular formula is C11H23IO4. The van der Waals surface area contributed by atoms with E-state index in [1.807, 2.05) is 0 Å². The van der Waals surface area contributed by atoms with Crippen LogP contribution in [-0.4, -0.2) is 56.8 Å². The molecule has 0 N–H and O–H groups in total. The van der Waals surface area contributed by atoms with Gasteiger partial charge in [-0.3, -0.25) is 0 Å². The van der Waals surface area contributed by atoms with Crippen LogP contribution in [0.4, 0.5) is 0 Å². The highest BCUT2D eigenvalue weighted by Gasteiger charge is 2.15. The number of hydrogen-bond donors (Lipinski definition) is 0. The van der Waals surface area contributed by atoms with Gasteiger partial charge in [0.2, 0.25) is 0 Å². The monoisotopic (exact) mass is 346 g/mol. The summed E-state index contributed by atoms with van der Waals surface area (Å²) in [5, 5.41) is 0. The van der Waals surface area contributed by atoms with E-state index >= 15 is 0 Å². The first-order chi connectivity index (χ1) is 7.62. The SMILES string of the molecule is COCCOCCOCCOC(C)(C)CI. The van der Waals surface area contributed by atoms with Gasteiger partial charge >= 0.3 is 0 Å². The second-order valence-corrected chi connectivity index (χ2v) is 4.72. The predicted octanol–water partition coefficient (Wildman–Crippen LogP) is 1.90. The van der Waals surface area contributed by atoms with Crippen molar-refractivity contribution in [2.24, 2.45) is 0 Å². The molecule has 16 heavy (non-hydrogen) atoms. The van der Waals surface area contributed by atoms with Gasteiger partial charge in [0.15, 0.2) is 0 Å². The van der Waals surface area contributed by atoms with Crippen LogP contribution in [0.5, 0.6) is 0 Å². The van der Waals surface area contributed by atoms with Gasteiger partial charge in [0.1, 0.15) is 0 Å². The van der Waals surface area contributed by atoms with Crippen LogP contribution < -0.4 is 0 Å². The molecule has 4 nitrogen and oxygen atoms in total. The minimum Gasteiger partial charge on any atom is -0.382 e. The van der Waals surface area contributed by atoms with Crippen molar-refractivity contribution in [3.63, 3.8) is 0 Å².